The van der Waals surface area contributed by atoms with Crippen molar-refractivity contribution in [1.29, 1.82) is 0 Å². The summed E-state index contributed by atoms with van der Waals surface area (Å²) >= 11 is 0. The van der Waals surface area contributed by atoms with E-state index >= 15 is 0 Å². The van der Waals surface area contributed by atoms with E-state index in [1.54, 1.807) is 6.92 Å². The zero-order chi connectivity index (χ0) is 21.5. The van der Waals surface area contributed by atoms with Gasteiger partial charge in [0.2, 0.25) is 5.91 Å². The van der Waals surface area contributed by atoms with Gasteiger partial charge in [0.25, 0.3) is 0 Å². The Morgan fingerprint density at radius 3 is 2.67 bits per heavy atom. The second-order valence-corrected chi connectivity index (χ2v) is 7.51. The lowest BCUT2D eigenvalue weighted by Crippen LogP contribution is -2.48. The molecule has 1 fully saturated rings. The van der Waals surface area contributed by atoms with Gasteiger partial charge in [-0.1, -0.05) is 18.2 Å². The van der Waals surface area contributed by atoms with E-state index in [0.29, 0.717) is 39.0 Å². The van der Waals surface area contributed by atoms with Crippen LogP contribution in [0.1, 0.15) is 25.3 Å². The first kappa shape index (κ1) is 21.8. The minimum atomic E-state index is -0.765. The molecule has 1 aromatic heterocycles. The Morgan fingerprint density at radius 1 is 1.23 bits per heavy atom. The fourth-order valence-corrected chi connectivity index (χ4v) is 3.89. The van der Waals surface area contributed by atoms with Crippen LogP contribution in [0.4, 0.5) is 0 Å². The number of piperidine rings is 1. The van der Waals surface area contributed by atoms with Crippen molar-refractivity contribution in [2.24, 2.45) is 5.92 Å². The fraction of sp³-hybridized carbons (Fsp3) is 0.500. The molecule has 1 atom stereocenters. The highest BCUT2D eigenvalue weighted by atomic mass is 16.5. The Kier molecular flexibility index (Phi) is 7.46. The zero-order valence-electron chi connectivity index (χ0n) is 17.5. The molecule has 1 aliphatic rings. The summed E-state index contributed by atoms with van der Waals surface area (Å²) in [4.78, 5) is 41.9. The summed E-state index contributed by atoms with van der Waals surface area (Å²) in [5, 5.41) is 3.83. The number of benzene rings is 1. The largest absolute Gasteiger partial charge is 0.467 e. The number of nitrogens with zero attached hydrogens (tertiary/aromatic N) is 1. The fourth-order valence-electron chi connectivity index (χ4n) is 3.89. The number of fused-ring (bicyclic) bond motifs is 1. The third-order valence-corrected chi connectivity index (χ3v) is 5.49. The van der Waals surface area contributed by atoms with Crippen LogP contribution in [0.25, 0.3) is 10.9 Å². The summed E-state index contributed by atoms with van der Waals surface area (Å²) in [5.74, 6) is -0.977. The smallest absolute Gasteiger partial charge is 0.328 e. The van der Waals surface area contributed by atoms with Crippen LogP contribution >= 0.6 is 0 Å². The molecular formula is C22H29N3O5. The SMILES string of the molecule is CCOC(=O)C1CCN(CC(=O)N[C@@H](Cc2c[nH]c3ccccc23)C(=O)OC)CC1. The third-order valence-electron chi connectivity index (χ3n) is 5.49. The van der Waals surface area contributed by atoms with Gasteiger partial charge in [-0.05, 0) is 44.5 Å². The van der Waals surface area contributed by atoms with Gasteiger partial charge in [-0.2, -0.15) is 0 Å². The minimum absolute atomic E-state index is 0.103. The molecule has 1 aliphatic heterocycles. The number of carbonyl (C=O) groups excluding carboxylic acids is 3. The lowest BCUT2D eigenvalue weighted by Gasteiger charge is -2.30. The van der Waals surface area contributed by atoms with Gasteiger partial charge in [0.05, 0.1) is 26.2 Å². The van der Waals surface area contributed by atoms with Gasteiger partial charge in [-0.3, -0.25) is 14.5 Å². The second-order valence-electron chi connectivity index (χ2n) is 7.51. The molecule has 0 unspecified atom stereocenters. The average Bonchev–Trinajstić information content (AvgIpc) is 3.16. The lowest BCUT2D eigenvalue weighted by atomic mass is 9.97. The van der Waals surface area contributed by atoms with Gasteiger partial charge in [0.1, 0.15) is 6.04 Å². The molecule has 8 nitrogen and oxygen atoms in total. The number of ether oxygens (including phenoxy) is 2. The maximum atomic E-state index is 12.6. The number of aromatic amines is 1. The van der Waals surface area contributed by atoms with E-state index in [2.05, 4.69) is 10.3 Å². The summed E-state index contributed by atoms with van der Waals surface area (Å²) in [6.45, 7) is 3.64. The highest BCUT2D eigenvalue weighted by Crippen LogP contribution is 2.20. The Morgan fingerprint density at radius 2 is 1.97 bits per heavy atom. The minimum Gasteiger partial charge on any atom is -0.467 e. The number of rotatable bonds is 8. The van der Waals surface area contributed by atoms with Gasteiger partial charge >= 0.3 is 11.9 Å². The highest BCUT2D eigenvalue weighted by Gasteiger charge is 2.28. The predicted octanol–water partition coefficient (Wildman–Crippen LogP) is 1.64. The first-order valence-electron chi connectivity index (χ1n) is 10.3. The Hall–Kier alpha value is -2.87. The molecule has 1 amide bonds. The van der Waals surface area contributed by atoms with Crippen LogP contribution in [-0.2, 0) is 30.3 Å². The number of esters is 2. The number of hydrogen-bond donors (Lipinski definition) is 2. The van der Waals surface area contributed by atoms with Crippen molar-refractivity contribution in [2.75, 3.05) is 33.4 Å². The molecule has 2 N–H and O–H groups in total. The molecule has 162 valence electrons. The van der Waals surface area contributed by atoms with E-state index in [9.17, 15) is 14.4 Å². The van der Waals surface area contributed by atoms with Crippen molar-refractivity contribution in [3.63, 3.8) is 0 Å². The molecule has 8 heteroatoms. The number of para-hydroxylation sites is 1. The van der Waals surface area contributed by atoms with Crippen molar-refractivity contribution >= 4 is 28.7 Å². The van der Waals surface area contributed by atoms with Crippen LogP contribution < -0.4 is 5.32 Å². The molecule has 0 saturated carbocycles. The predicted molar refractivity (Wildman–Crippen MR) is 112 cm³/mol. The van der Waals surface area contributed by atoms with Crippen LogP contribution in [-0.4, -0.2) is 67.1 Å². The molecule has 0 aliphatic carbocycles. The molecule has 1 saturated heterocycles. The number of H-pyrrole nitrogens is 1. The Labute approximate surface area is 175 Å². The maximum Gasteiger partial charge on any atom is 0.328 e. The molecule has 2 heterocycles. The average molecular weight is 415 g/mol. The summed E-state index contributed by atoms with van der Waals surface area (Å²) < 4.78 is 9.98. The lowest BCUT2D eigenvalue weighted by molar-refractivity contribution is -0.150. The van der Waals surface area contributed by atoms with Crippen molar-refractivity contribution in [1.82, 2.24) is 15.2 Å². The number of nitrogens with one attached hydrogen (secondary N) is 2. The van der Waals surface area contributed by atoms with E-state index < -0.39 is 12.0 Å². The van der Waals surface area contributed by atoms with Gasteiger partial charge in [-0.15, -0.1) is 0 Å². The van der Waals surface area contributed by atoms with Crippen LogP contribution in [0.5, 0.6) is 0 Å². The van der Waals surface area contributed by atoms with E-state index in [1.807, 2.05) is 35.4 Å². The quantitative estimate of drug-likeness (QED) is 0.636. The van der Waals surface area contributed by atoms with Crippen molar-refractivity contribution in [3.05, 3.63) is 36.0 Å². The van der Waals surface area contributed by atoms with Crippen molar-refractivity contribution in [2.45, 2.75) is 32.2 Å². The number of likely N-dealkylation sites (tertiary alicyclic amines) is 1. The van der Waals surface area contributed by atoms with E-state index in [-0.39, 0.29) is 24.3 Å². The number of amides is 1. The summed E-state index contributed by atoms with van der Waals surface area (Å²) in [5.41, 5.74) is 1.92. The Bertz CT molecular complexity index is 886. The summed E-state index contributed by atoms with van der Waals surface area (Å²) in [6.07, 6.45) is 3.53. The second kappa shape index (κ2) is 10.2. The first-order chi connectivity index (χ1) is 14.5. The number of aromatic nitrogens is 1. The molecular weight excluding hydrogens is 386 g/mol. The molecule has 1 aromatic carbocycles. The standard InChI is InChI=1S/C22H29N3O5/c1-3-30-21(27)15-8-10-25(11-9-15)14-20(26)24-19(22(28)29-2)12-16-13-23-18-7-5-4-6-17(16)18/h4-7,13,15,19,23H,3,8-12,14H2,1-2H3,(H,24,26)/t19-/m0/s1. The van der Waals surface area contributed by atoms with Crippen LogP contribution in [0.3, 0.4) is 0 Å². The van der Waals surface area contributed by atoms with E-state index in [4.69, 9.17) is 9.47 Å². The van der Waals surface area contributed by atoms with Crippen LogP contribution in [0.2, 0.25) is 0 Å². The zero-order valence-corrected chi connectivity index (χ0v) is 17.5. The Balaban J connectivity index is 1.56. The normalized spacial score (nSPS) is 16.2. The number of methoxy groups -OCH3 is 1. The van der Waals surface area contributed by atoms with E-state index in [1.165, 1.54) is 7.11 Å². The topological polar surface area (TPSA) is 101 Å². The molecule has 0 bridgehead atoms. The molecule has 30 heavy (non-hydrogen) atoms. The van der Waals surface area contributed by atoms with Gasteiger partial charge in [-0.25, -0.2) is 4.79 Å². The molecule has 0 spiro atoms. The monoisotopic (exact) mass is 415 g/mol. The van der Waals surface area contributed by atoms with Crippen LogP contribution in [0.15, 0.2) is 30.5 Å². The van der Waals surface area contributed by atoms with Gasteiger partial charge in [0, 0.05) is 23.5 Å². The third kappa shape index (κ3) is 5.38. The van der Waals surface area contributed by atoms with Gasteiger partial charge in [0.15, 0.2) is 0 Å². The van der Waals surface area contributed by atoms with E-state index in [0.717, 1.165) is 16.5 Å². The van der Waals surface area contributed by atoms with Crippen LogP contribution in [0, 0.1) is 5.92 Å². The molecule has 0 radical (unpaired) electrons. The number of carbonyl (C=O) groups is 3. The van der Waals surface area contributed by atoms with Crippen molar-refractivity contribution < 1.29 is 23.9 Å². The number of hydrogen-bond acceptors (Lipinski definition) is 6. The first-order valence-corrected chi connectivity index (χ1v) is 10.3. The van der Waals surface area contributed by atoms with Crippen molar-refractivity contribution in [3.8, 4) is 0 Å². The highest BCUT2D eigenvalue weighted by molar-refractivity contribution is 5.87. The molecule has 2 aromatic rings. The van der Waals surface area contributed by atoms with Gasteiger partial charge < -0.3 is 19.8 Å². The summed E-state index contributed by atoms with van der Waals surface area (Å²) in [6, 6.07) is 7.05. The molecule has 3 rings (SSSR count). The summed E-state index contributed by atoms with van der Waals surface area (Å²) in [7, 11) is 1.32. The maximum absolute atomic E-state index is 12.6.